The molecule has 2 N–H and O–H groups in total. The average molecular weight is 327 g/mol. The number of benzene rings is 2. The van der Waals surface area contributed by atoms with E-state index < -0.39 is 12.0 Å². The number of carboxylic acids is 1. The molecule has 24 heavy (non-hydrogen) atoms. The number of carbonyl (C=O) groups excluding carboxylic acids is 1. The van der Waals surface area contributed by atoms with Crippen molar-refractivity contribution < 1.29 is 19.4 Å². The fraction of sp³-hybridized carbons (Fsp3) is 0.263. The molecule has 2 rings (SSSR count). The molecule has 1 amide bonds. The lowest BCUT2D eigenvalue weighted by molar-refractivity contribution is -0.142. The standard InChI is InChI=1S/C19H21NO4/c1-14-7-5-10-16(13-14)24-12-6-11-17(21)20-18(19(22)23)15-8-3-2-4-9-15/h2-5,7-10,13,18H,6,11-12H2,1H3,(H,20,21)(H,22,23). The second-order valence-corrected chi connectivity index (χ2v) is 5.52. The number of hydrogen-bond acceptors (Lipinski definition) is 3. The van der Waals surface area contributed by atoms with Gasteiger partial charge in [0.1, 0.15) is 5.75 Å². The minimum absolute atomic E-state index is 0.211. The molecule has 0 heterocycles. The van der Waals surface area contributed by atoms with Gasteiger partial charge in [0.05, 0.1) is 6.61 Å². The number of amides is 1. The largest absolute Gasteiger partial charge is 0.494 e. The Morgan fingerprint density at radius 2 is 1.88 bits per heavy atom. The van der Waals surface area contributed by atoms with Crippen LogP contribution >= 0.6 is 0 Å². The summed E-state index contributed by atoms with van der Waals surface area (Å²) in [4.78, 5) is 23.3. The molecule has 5 heteroatoms. The molecule has 0 spiro atoms. The lowest BCUT2D eigenvalue weighted by Crippen LogP contribution is -2.33. The van der Waals surface area contributed by atoms with Crippen molar-refractivity contribution in [3.63, 3.8) is 0 Å². The average Bonchev–Trinajstić information content (AvgIpc) is 2.57. The first kappa shape index (κ1) is 17.5. The van der Waals surface area contributed by atoms with Gasteiger partial charge in [0.15, 0.2) is 6.04 Å². The third kappa shape index (κ3) is 5.43. The molecule has 0 aromatic heterocycles. The number of hydrogen-bond donors (Lipinski definition) is 2. The third-order valence-electron chi connectivity index (χ3n) is 3.49. The maximum absolute atomic E-state index is 12.0. The Morgan fingerprint density at radius 1 is 1.12 bits per heavy atom. The fourth-order valence-corrected chi connectivity index (χ4v) is 2.29. The Kier molecular flexibility index (Phi) is 6.37. The molecule has 1 unspecified atom stereocenters. The number of rotatable bonds is 8. The lowest BCUT2D eigenvalue weighted by Gasteiger charge is -2.15. The molecule has 0 aliphatic carbocycles. The van der Waals surface area contributed by atoms with E-state index in [-0.39, 0.29) is 12.3 Å². The second-order valence-electron chi connectivity index (χ2n) is 5.52. The first-order valence-electron chi connectivity index (χ1n) is 7.83. The Hall–Kier alpha value is -2.82. The quantitative estimate of drug-likeness (QED) is 0.731. The van der Waals surface area contributed by atoms with Crippen molar-refractivity contribution in [2.75, 3.05) is 6.61 Å². The van der Waals surface area contributed by atoms with Crippen LogP contribution in [0, 0.1) is 6.92 Å². The molecule has 2 aromatic rings. The van der Waals surface area contributed by atoms with Gasteiger partial charge in [0, 0.05) is 6.42 Å². The van der Waals surface area contributed by atoms with Gasteiger partial charge in [-0.2, -0.15) is 0 Å². The molecule has 0 radical (unpaired) electrons. The van der Waals surface area contributed by atoms with Crippen molar-refractivity contribution in [1.82, 2.24) is 5.32 Å². The smallest absolute Gasteiger partial charge is 0.330 e. The molecule has 0 aliphatic heterocycles. The molecule has 5 nitrogen and oxygen atoms in total. The van der Waals surface area contributed by atoms with Crippen molar-refractivity contribution in [1.29, 1.82) is 0 Å². The first-order valence-corrected chi connectivity index (χ1v) is 7.83. The minimum Gasteiger partial charge on any atom is -0.494 e. The number of aliphatic carboxylic acids is 1. The molecule has 0 saturated carbocycles. The Morgan fingerprint density at radius 3 is 2.54 bits per heavy atom. The highest BCUT2D eigenvalue weighted by Crippen LogP contribution is 2.14. The number of ether oxygens (including phenoxy) is 1. The van der Waals surface area contributed by atoms with Gasteiger partial charge in [-0.05, 0) is 36.6 Å². The van der Waals surface area contributed by atoms with Gasteiger partial charge in [0.2, 0.25) is 5.91 Å². The zero-order valence-electron chi connectivity index (χ0n) is 13.6. The molecule has 126 valence electrons. The van der Waals surface area contributed by atoms with E-state index >= 15 is 0 Å². The number of carboxylic acid groups (broad SMARTS) is 1. The van der Waals surface area contributed by atoms with Crippen LogP contribution in [0.4, 0.5) is 0 Å². The van der Waals surface area contributed by atoms with Crippen molar-refractivity contribution in [3.05, 3.63) is 65.7 Å². The summed E-state index contributed by atoms with van der Waals surface area (Å²) >= 11 is 0. The SMILES string of the molecule is Cc1cccc(OCCCC(=O)NC(C(=O)O)c2ccccc2)c1. The molecule has 0 bridgehead atoms. The summed E-state index contributed by atoms with van der Waals surface area (Å²) in [7, 11) is 0. The highest BCUT2D eigenvalue weighted by Gasteiger charge is 2.21. The predicted molar refractivity (Wildman–Crippen MR) is 90.9 cm³/mol. The van der Waals surface area contributed by atoms with E-state index in [1.54, 1.807) is 30.3 Å². The lowest BCUT2D eigenvalue weighted by atomic mass is 10.1. The summed E-state index contributed by atoms with van der Waals surface area (Å²) in [5.74, 6) is -0.618. The summed E-state index contributed by atoms with van der Waals surface area (Å²) in [5, 5.41) is 11.8. The van der Waals surface area contributed by atoms with Gasteiger partial charge < -0.3 is 15.2 Å². The number of nitrogens with one attached hydrogen (secondary N) is 1. The Bertz CT molecular complexity index is 685. The Labute approximate surface area is 141 Å². The zero-order chi connectivity index (χ0) is 17.4. The van der Waals surface area contributed by atoms with Crippen molar-refractivity contribution in [2.45, 2.75) is 25.8 Å². The van der Waals surface area contributed by atoms with Gasteiger partial charge >= 0.3 is 5.97 Å². The van der Waals surface area contributed by atoms with Gasteiger partial charge in [-0.1, -0.05) is 42.5 Å². The van der Waals surface area contributed by atoms with E-state index in [0.717, 1.165) is 11.3 Å². The van der Waals surface area contributed by atoms with Gasteiger partial charge in [-0.3, -0.25) is 4.79 Å². The normalized spacial score (nSPS) is 11.5. The van der Waals surface area contributed by atoms with Crippen LogP contribution in [0.2, 0.25) is 0 Å². The highest BCUT2D eigenvalue weighted by molar-refractivity contribution is 5.84. The van der Waals surface area contributed by atoms with Gasteiger partial charge in [-0.15, -0.1) is 0 Å². The van der Waals surface area contributed by atoms with Crippen molar-refractivity contribution in [3.8, 4) is 5.75 Å². The van der Waals surface area contributed by atoms with Gasteiger partial charge in [-0.25, -0.2) is 4.79 Å². The van der Waals surface area contributed by atoms with Crippen LogP contribution < -0.4 is 10.1 Å². The van der Waals surface area contributed by atoms with E-state index in [1.807, 2.05) is 31.2 Å². The van der Waals surface area contributed by atoms with Crippen molar-refractivity contribution >= 4 is 11.9 Å². The number of carbonyl (C=O) groups is 2. The number of aryl methyl sites for hydroxylation is 1. The molecule has 2 aromatic carbocycles. The molecular formula is C19H21NO4. The molecule has 0 aliphatic rings. The van der Waals surface area contributed by atoms with E-state index in [9.17, 15) is 14.7 Å². The molecular weight excluding hydrogens is 306 g/mol. The van der Waals surface area contributed by atoms with Crippen LogP contribution in [0.25, 0.3) is 0 Å². The summed E-state index contributed by atoms with van der Waals surface area (Å²) in [6, 6.07) is 15.3. The minimum atomic E-state index is -1.08. The summed E-state index contributed by atoms with van der Waals surface area (Å²) in [5.41, 5.74) is 1.66. The molecule has 1 atom stereocenters. The third-order valence-corrected chi connectivity index (χ3v) is 3.49. The van der Waals surface area contributed by atoms with Crippen molar-refractivity contribution in [2.24, 2.45) is 0 Å². The first-order chi connectivity index (χ1) is 11.6. The summed E-state index contributed by atoms with van der Waals surface area (Å²) in [6.45, 7) is 2.38. The maximum Gasteiger partial charge on any atom is 0.330 e. The topological polar surface area (TPSA) is 75.6 Å². The van der Waals surface area contributed by atoms with Crippen LogP contribution in [-0.2, 0) is 9.59 Å². The Balaban J connectivity index is 1.78. The molecule has 0 fully saturated rings. The van der Waals surface area contributed by atoms with Gasteiger partial charge in [0.25, 0.3) is 0 Å². The highest BCUT2D eigenvalue weighted by atomic mass is 16.5. The fourth-order valence-electron chi connectivity index (χ4n) is 2.29. The monoisotopic (exact) mass is 327 g/mol. The van der Waals surface area contributed by atoms with E-state index in [0.29, 0.717) is 18.6 Å². The summed E-state index contributed by atoms with van der Waals surface area (Å²) < 4.78 is 5.58. The maximum atomic E-state index is 12.0. The van der Waals surface area contributed by atoms with E-state index in [1.165, 1.54) is 0 Å². The summed E-state index contributed by atoms with van der Waals surface area (Å²) in [6.07, 6.45) is 0.726. The van der Waals surface area contributed by atoms with Crippen LogP contribution in [0.15, 0.2) is 54.6 Å². The van der Waals surface area contributed by atoms with Crippen LogP contribution in [0.1, 0.15) is 30.0 Å². The zero-order valence-corrected chi connectivity index (χ0v) is 13.6. The second kappa shape index (κ2) is 8.72. The van der Waals surface area contributed by atoms with Crippen LogP contribution in [0.5, 0.6) is 5.75 Å². The van der Waals surface area contributed by atoms with Crippen LogP contribution in [0.3, 0.4) is 0 Å². The van der Waals surface area contributed by atoms with E-state index in [2.05, 4.69) is 5.32 Å². The van der Waals surface area contributed by atoms with Crippen LogP contribution in [-0.4, -0.2) is 23.6 Å². The molecule has 0 saturated heterocycles. The predicted octanol–water partition coefficient (Wildman–Crippen LogP) is 3.10. The van der Waals surface area contributed by atoms with E-state index in [4.69, 9.17) is 4.74 Å².